The van der Waals surface area contributed by atoms with Gasteiger partial charge >= 0.3 is 57.4 Å². The van der Waals surface area contributed by atoms with Gasteiger partial charge in [-0.15, -0.1) is 0 Å². The van der Waals surface area contributed by atoms with Crippen LogP contribution >= 0.6 is 0 Å². The van der Waals surface area contributed by atoms with Crippen LogP contribution in [-0.4, -0.2) is 40.1 Å². The van der Waals surface area contributed by atoms with Crippen LogP contribution in [0, 0.1) is 0 Å². The van der Waals surface area contributed by atoms with Crippen LogP contribution in [0.4, 0.5) is 0 Å². The number of amides is 1. The first-order valence-electron chi connectivity index (χ1n) is 6.06. The zero-order chi connectivity index (χ0) is 16.0. The average molecular weight is 334 g/mol. The van der Waals surface area contributed by atoms with Gasteiger partial charge in [0, 0.05) is 0 Å². The topological polar surface area (TPSA) is 153 Å². The molecule has 0 unspecified atom stereocenters. The summed E-state index contributed by atoms with van der Waals surface area (Å²) in [6.07, 6.45) is -0.682. The molecule has 0 heterocycles. The Morgan fingerprint density at radius 2 is 1.77 bits per heavy atom. The van der Waals surface area contributed by atoms with E-state index in [0.29, 0.717) is 5.56 Å². The number of hydrogen-bond donors (Lipinski definition) is 4. The second kappa shape index (κ2) is 9.93. The maximum atomic E-state index is 11.6. The molecule has 0 bridgehead atoms. The van der Waals surface area contributed by atoms with Crippen molar-refractivity contribution < 1.29 is 81.1 Å². The number of carbonyl (C=O) groups is 3. The fourth-order valence-electron chi connectivity index (χ4n) is 1.62. The predicted octanol–water partition coefficient (Wildman–Crippen LogP) is -5.02. The fraction of sp³-hybridized carbons (Fsp3) is 0.308. The van der Waals surface area contributed by atoms with E-state index in [1.54, 1.807) is 0 Å². The number of nitrogens with one attached hydrogen (secondary N) is 1. The first kappa shape index (κ1) is 21.0. The van der Waals surface area contributed by atoms with Gasteiger partial charge in [-0.1, -0.05) is 12.1 Å². The molecule has 5 N–H and O–H groups in total. The van der Waals surface area contributed by atoms with Crippen molar-refractivity contribution in [1.82, 2.24) is 5.32 Å². The van der Waals surface area contributed by atoms with E-state index in [-0.39, 0.29) is 63.6 Å². The summed E-state index contributed by atoms with van der Waals surface area (Å²) in [5.41, 5.74) is 5.89. The zero-order valence-corrected chi connectivity index (χ0v) is 15.1. The predicted molar refractivity (Wildman–Crippen MR) is 69.0 cm³/mol. The van der Waals surface area contributed by atoms with E-state index in [2.05, 4.69) is 5.32 Å². The molecule has 0 aromatic heterocycles. The molecule has 1 amide bonds. The molecule has 0 saturated heterocycles. The first-order valence-corrected chi connectivity index (χ1v) is 6.06. The van der Waals surface area contributed by atoms with Crippen molar-refractivity contribution in [3.63, 3.8) is 0 Å². The van der Waals surface area contributed by atoms with Gasteiger partial charge in [0.05, 0.1) is 24.5 Å². The smallest absolute Gasteiger partial charge is 0.548 e. The van der Waals surface area contributed by atoms with Gasteiger partial charge in [-0.3, -0.25) is 9.59 Å². The molecular weight excluding hydrogens is 319 g/mol. The number of carbonyl (C=O) groups excluding carboxylic acids is 2. The Bertz CT molecular complexity index is 534. The summed E-state index contributed by atoms with van der Waals surface area (Å²) in [6.45, 7) is 0. The number of carboxylic acid groups (broad SMARTS) is 2. The molecule has 22 heavy (non-hydrogen) atoms. The number of phenols is 1. The van der Waals surface area contributed by atoms with E-state index >= 15 is 0 Å². The summed E-state index contributed by atoms with van der Waals surface area (Å²) in [5.74, 6) is -3.64. The van der Waals surface area contributed by atoms with Crippen LogP contribution in [0.15, 0.2) is 24.3 Å². The molecule has 114 valence electrons. The summed E-state index contributed by atoms with van der Waals surface area (Å²) in [4.78, 5) is 33.1. The third-order valence-corrected chi connectivity index (χ3v) is 2.71. The second-order valence-electron chi connectivity index (χ2n) is 4.46. The number of phenolic OH excluding ortho intramolecular Hbond substituents is 1. The minimum Gasteiger partial charge on any atom is -0.548 e. The molecule has 0 aliphatic heterocycles. The molecule has 1 aromatic rings. The Kier molecular flexibility index (Phi) is 9.49. The van der Waals surface area contributed by atoms with Crippen molar-refractivity contribution in [2.45, 2.75) is 24.9 Å². The Morgan fingerprint density at radius 1 is 1.23 bits per heavy atom. The molecule has 9 heteroatoms. The molecule has 0 aliphatic rings. The minimum absolute atomic E-state index is 0. The largest absolute Gasteiger partial charge is 1.00 e. The van der Waals surface area contributed by atoms with E-state index in [1.165, 1.54) is 24.3 Å². The third-order valence-electron chi connectivity index (χ3n) is 2.71. The first-order chi connectivity index (χ1) is 9.79. The van der Waals surface area contributed by atoms with E-state index in [9.17, 15) is 19.5 Å². The number of carboxylic acids is 2. The van der Waals surface area contributed by atoms with Gasteiger partial charge in [0.1, 0.15) is 5.75 Å². The van der Waals surface area contributed by atoms with Gasteiger partial charge in [-0.25, -0.2) is 0 Å². The van der Waals surface area contributed by atoms with Gasteiger partial charge in [0.15, 0.2) is 0 Å². The standard InChI is InChI=1S/C13H16N2O6.K/c14-9(6-11(17)18)12(19)15-10(13(20)21)5-7-1-3-8(16)4-2-7;/h1-4,9-10,16H,5-6,14H2,(H,15,19)(H,17,18)(H,20,21);/q;+1/p-1/t9-,10-;/m0./s1. The van der Waals surface area contributed by atoms with Crippen LogP contribution in [0.5, 0.6) is 5.75 Å². The number of nitrogens with two attached hydrogens (primary N) is 1. The summed E-state index contributed by atoms with van der Waals surface area (Å²) in [6, 6.07) is 3.05. The molecule has 0 radical (unpaired) electrons. The van der Waals surface area contributed by atoms with E-state index < -0.39 is 36.4 Å². The maximum Gasteiger partial charge on any atom is 1.00 e. The summed E-state index contributed by atoms with van der Waals surface area (Å²) in [5, 5.41) is 30.8. The van der Waals surface area contributed by atoms with Gasteiger partial charge in [0.25, 0.3) is 0 Å². The van der Waals surface area contributed by atoms with Crippen LogP contribution in [0.3, 0.4) is 0 Å². The van der Waals surface area contributed by atoms with E-state index in [4.69, 9.17) is 15.9 Å². The molecule has 2 atom stereocenters. The van der Waals surface area contributed by atoms with Gasteiger partial charge < -0.3 is 31.2 Å². The summed E-state index contributed by atoms with van der Waals surface area (Å²) in [7, 11) is 0. The SMILES string of the molecule is N[C@@H](CC(=O)O)C(=O)N[C@@H](Cc1ccc(O)cc1)C(=O)[O-].[K+]. The minimum atomic E-state index is -1.51. The van der Waals surface area contributed by atoms with Gasteiger partial charge in [0.2, 0.25) is 5.91 Å². The van der Waals surface area contributed by atoms with Crippen LogP contribution in [0.1, 0.15) is 12.0 Å². The molecule has 0 saturated carbocycles. The van der Waals surface area contributed by atoms with Gasteiger partial charge in [-0.2, -0.15) is 0 Å². The van der Waals surface area contributed by atoms with Crippen LogP contribution in [-0.2, 0) is 20.8 Å². The summed E-state index contributed by atoms with van der Waals surface area (Å²) < 4.78 is 0. The number of hydrogen-bond acceptors (Lipinski definition) is 6. The zero-order valence-electron chi connectivity index (χ0n) is 12.0. The average Bonchev–Trinajstić information content (AvgIpc) is 2.39. The summed E-state index contributed by atoms with van der Waals surface area (Å²) >= 11 is 0. The normalized spacial score (nSPS) is 12.6. The molecule has 1 rings (SSSR count). The van der Waals surface area contributed by atoms with Crippen molar-refractivity contribution in [3.8, 4) is 5.75 Å². The second-order valence-corrected chi connectivity index (χ2v) is 4.46. The molecule has 0 fully saturated rings. The third kappa shape index (κ3) is 7.34. The van der Waals surface area contributed by atoms with Crippen LogP contribution < -0.4 is 67.5 Å². The van der Waals surface area contributed by atoms with Crippen LogP contribution in [0.2, 0.25) is 0 Å². The Labute approximate surface area is 169 Å². The Morgan fingerprint density at radius 3 is 2.23 bits per heavy atom. The monoisotopic (exact) mass is 334 g/mol. The van der Waals surface area contributed by atoms with Gasteiger partial charge in [-0.05, 0) is 24.1 Å². The molecule has 8 nitrogen and oxygen atoms in total. The number of benzene rings is 1. The van der Waals surface area contributed by atoms with Crippen molar-refractivity contribution in [1.29, 1.82) is 0 Å². The van der Waals surface area contributed by atoms with Crippen molar-refractivity contribution in [3.05, 3.63) is 29.8 Å². The van der Waals surface area contributed by atoms with Crippen molar-refractivity contribution in [2.24, 2.45) is 5.73 Å². The molecular formula is C13H15KN2O6. The fourth-order valence-corrected chi connectivity index (χ4v) is 1.62. The quantitative estimate of drug-likeness (QED) is 0.364. The van der Waals surface area contributed by atoms with E-state index in [0.717, 1.165) is 0 Å². The Balaban J connectivity index is 0.00000441. The van der Waals surface area contributed by atoms with E-state index in [1.807, 2.05) is 0 Å². The number of rotatable bonds is 7. The molecule has 0 spiro atoms. The Hall–Kier alpha value is -0.974. The number of aromatic hydroxyl groups is 1. The number of aliphatic carboxylic acids is 2. The molecule has 0 aliphatic carbocycles. The van der Waals surface area contributed by atoms with Crippen molar-refractivity contribution in [2.75, 3.05) is 0 Å². The maximum absolute atomic E-state index is 11.6. The van der Waals surface area contributed by atoms with Crippen molar-refractivity contribution >= 4 is 17.8 Å². The molecule has 1 aromatic carbocycles. The van der Waals surface area contributed by atoms with Crippen LogP contribution in [0.25, 0.3) is 0 Å².